The maximum absolute atomic E-state index is 12.2. The Labute approximate surface area is 132 Å². The second-order valence-corrected chi connectivity index (χ2v) is 7.17. The van der Waals surface area contributed by atoms with Crippen molar-refractivity contribution in [3.8, 4) is 0 Å². The van der Waals surface area contributed by atoms with Crippen LogP contribution in [0.25, 0.3) is 0 Å². The average molecular weight is 344 g/mol. The lowest BCUT2D eigenvalue weighted by atomic mass is 10.2. The van der Waals surface area contributed by atoms with Crippen molar-refractivity contribution in [2.75, 3.05) is 11.6 Å². The molecular formula is C14H11Cl2NO3S. The maximum atomic E-state index is 12.2. The number of halogens is 2. The average Bonchev–Trinajstić information content (AvgIpc) is 2.37. The van der Waals surface area contributed by atoms with Gasteiger partial charge in [0.2, 0.25) is 0 Å². The third-order valence-corrected chi connectivity index (χ3v) is 4.41. The number of hydrogen-bond acceptors (Lipinski definition) is 3. The van der Waals surface area contributed by atoms with E-state index in [1.807, 2.05) is 0 Å². The van der Waals surface area contributed by atoms with Gasteiger partial charge in [-0.1, -0.05) is 35.3 Å². The van der Waals surface area contributed by atoms with Gasteiger partial charge in [0.05, 0.1) is 21.2 Å². The molecule has 0 saturated heterocycles. The fraction of sp³-hybridized carbons (Fsp3) is 0.0714. The summed E-state index contributed by atoms with van der Waals surface area (Å²) in [5.41, 5.74) is 0.417. The van der Waals surface area contributed by atoms with Gasteiger partial charge < -0.3 is 5.32 Å². The number of sulfone groups is 1. The molecule has 0 heterocycles. The van der Waals surface area contributed by atoms with Crippen molar-refractivity contribution >= 4 is 44.6 Å². The molecule has 110 valence electrons. The zero-order valence-electron chi connectivity index (χ0n) is 10.9. The molecule has 0 radical (unpaired) electrons. The standard InChI is InChI=1S/C14H11Cl2NO3S/c1-21(19,20)13-5-3-2-4-12(13)17-14(18)10-7-6-9(15)8-11(10)16/h2-8H,1H3,(H,17,18). The SMILES string of the molecule is CS(=O)(=O)c1ccccc1NC(=O)c1ccc(Cl)cc1Cl. The van der Waals surface area contributed by atoms with E-state index in [1.54, 1.807) is 12.1 Å². The fourth-order valence-electron chi connectivity index (χ4n) is 1.76. The highest BCUT2D eigenvalue weighted by Crippen LogP contribution is 2.24. The van der Waals surface area contributed by atoms with Crippen molar-refractivity contribution in [2.24, 2.45) is 0 Å². The minimum atomic E-state index is -3.45. The van der Waals surface area contributed by atoms with Crippen LogP contribution < -0.4 is 5.32 Å². The molecule has 0 fully saturated rings. The normalized spacial score (nSPS) is 11.2. The first-order chi connectivity index (χ1) is 9.79. The summed E-state index contributed by atoms with van der Waals surface area (Å²) in [6.07, 6.45) is 1.08. The third kappa shape index (κ3) is 3.75. The Morgan fingerprint density at radius 3 is 2.38 bits per heavy atom. The highest BCUT2D eigenvalue weighted by molar-refractivity contribution is 7.90. The summed E-state index contributed by atoms with van der Waals surface area (Å²) in [5.74, 6) is -0.507. The molecule has 2 rings (SSSR count). The molecule has 0 saturated carbocycles. The minimum absolute atomic E-state index is 0.0448. The third-order valence-electron chi connectivity index (χ3n) is 2.71. The first-order valence-electron chi connectivity index (χ1n) is 5.84. The first-order valence-corrected chi connectivity index (χ1v) is 8.49. The Morgan fingerprint density at radius 2 is 1.76 bits per heavy atom. The summed E-state index contributed by atoms with van der Waals surface area (Å²) in [6, 6.07) is 10.6. The largest absolute Gasteiger partial charge is 0.321 e. The van der Waals surface area contributed by atoms with Gasteiger partial charge >= 0.3 is 0 Å². The number of rotatable bonds is 3. The summed E-state index contributed by atoms with van der Waals surface area (Å²) in [7, 11) is -3.45. The van der Waals surface area contributed by atoms with E-state index in [1.165, 1.54) is 30.3 Å². The van der Waals surface area contributed by atoms with Crippen LogP contribution in [0, 0.1) is 0 Å². The highest BCUT2D eigenvalue weighted by atomic mass is 35.5. The van der Waals surface area contributed by atoms with Crippen LogP contribution in [-0.2, 0) is 9.84 Å². The summed E-state index contributed by atoms with van der Waals surface area (Å²) in [6.45, 7) is 0. The van der Waals surface area contributed by atoms with Crippen LogP contribution in [0.2, 0.25) is 10.0 Å². The fourth-order valence-corrected chi connectivity index (χ4v) is 3.10. The number of anilines is 1. The highest BCUT2D eigenvalue weighted by Gasteiger charge is 2.16. The van der Waals surface area contributed by atoms with Gasteiger partial charge in [0, 0.05) is 11.3 Å². The van der Waals surface area contributed by atoms with Gasteiger partial charge in [-0.05, 0) is 30.3 Å². The molecule has 0 bridgehead atoms. The molecule has 0 aliphatic carbocycles. The minimum Gasteiger partial charge on any atom is -0.321 e. The van der Waals surface area contributed by atoms with Crippen molar-refractivity contribution in [3.63, 3.8) is 0 Å². The van der Waals surface area contributed by atoms with Gasteiger partial charge in [0.15, 0.2) is 9.84 Å². The van der Waals surface area contributed by atoms with Gasteiger partial charge in [0.1, 0.15) is 0 Å². The Bertz CT molecular complexity index is 804. The number of carbonyl (C=O) groups excluding carboxylic acids is 1. The lowest BCUT2D eigenvalue weighted by molar-refractivity contribution is 0.102. The molecule has 1 amide bonds. The van der Waals surface area contributed by atoms with Crippen LogP contribution in [0.3, 0.4) is 0 Å². The van der Waals surface area contributed by atoms with Gasteiger partial charge in [-0.25, -0.2) is 8.42 Å². The van der Waals surface area contributed by atoms with E-state index < -0.39 is 15.7 Å². The molecule has 0 unspecified atom stereocenters. The van der Waals surface area contributed by atoms with E-state index in [-0.39, 0.29) is 21.2 Å². The van der Waals surface area contributed by atoms with E-state index in [2.05, 4.69) is 5.32 Å². The first kappa shape index (κ1) is 15.8. The van der Waals surface area contributed by atoms with Gasteiger partial charge in [0.25, 0.3) is 5.91 Å². The van der Waals surface area contributed by atoms with Crippen LogP contribution in [-0.4, -0.2) is 20.6 Å². The van der Waals surface area contributed by atoms with Gasteiger partial charge in [-0.2, -0.15) is 0 Å². The number of hydrogen-bond donors (Lipinski definition) is 1. The van der Waals surface area contributed by atoms with Crippen molar-refractivity contribution < 1.29 is 13.2 Å². The van der Waals surface area contributed by atoms with E-state index >= 15 is 0 Å². The molecule has 0 aromatic heterocycles. The molecule has 1 N–H and O–H groups in total. The van der Waals surface area contributed by atoms with Gasteiger partial charge in [-0.3, -0.25) is 4.79 Å². The second-order valence-electron chi connectivity index (χ2n) is 4.35. The van der Waals surface area contributed by atoms with Gasteiger partial charge in [-0.15, -0.1) is 0 Å². The van der Waals surface area contributed by atoms with Crippen molar-refractivity contribution in [2.45, 2.75) is 4.90 Å². The molecule has 0 atom stereocenters. The summed E-state index contributed by atoms with van der Waals surface area (Å²) in [5, 5.41) is 3.15. The Balaban J connectivity index is 2.37. The number of para-hydroxylation sites is 1. The zero-order valence-corrected chi connectivity index (χ0v) is 13.3. The summed E-state index contributed by atoms with van der Waals surface area (Å²) >= 11 is 11.7. The summed E-state index contributed by atoms with van der Waals surface area (Å²) in [4.78, 5) is 12.2. The second kappa shape index (κ2) is 6.05. The predicted octanol–water partition coefficient (Wildman–Crippen LogP) is 3.65. The van der Waals surface area contributed by atoms with Crippen LogP contribution in [0.15, 0.2) is 47.4 Å². The predicted molar refractivity (Wildman–Crippen MR) is 84.0 cm³/mol. The lowest BCUT2D eigenvalue weighted by Crippen LogP contribution is -2.15. The number of amides is 1. The number of benzene rings is 2. The molecule has 4 nitrogen and oxygen atoms in total. The van der Waals surface area contributed by atoms with Crippen molar-refractivity contribution in [1.29, 1.82) is 0 Å². The summed E-state index contributed by atoms with van der Waals surface area (Å²) < 4.78 is 23.4. The lowest BCUT2D eigenvalue weighted by Gasteiger charge is -2.10. The smallest absolute Gasteiger partial charge is 0.257 e. The monoisotopic (exact) mass is 343 g/mol. The molecule has 0 aliphatic heterocycles. The van der Waals surface area contributed by atoms with Crippen LogP contribution in [0.1, 0.15) is 10.4 Å². The molecule has 2 aromatic rings. The molecule has 0 aliphatic rings. The molecule has 0 spiro atoms. The van der Waals surface area contributed by atoms with Crippen LogP contribution >= 0.6 is 23.2 Å². The maximum Gasteiger partial charge on any atom is 0.257 e. The van der Waals surface area contributed by atoms with E-state index in [0.29, 0.717) is 5.02 Å². The Hall–Kier alpha value is -1.56. The molecule has 7 heteroatoms. The Kier molecular flexibility index (Phi) is 4.56. The quantitative estimate of drug-likeness (QED) is 0.924. The van der Waals surface area contributed by atoms with Crippen LogP contribution in [0.4, 0.5) is 5.69 Å². The number of carbonyl (C=O) groups is 1. The Morgan fingerprint density at radius 1 is 1.10 bits per heavy atom. The van der Waals surface area contributed by atoms with E-state index in [0.717, 1.165) is 6.26 Å². The number of nitrogens with one attached hydrogen (secondary N) is 1. The van der Waals surface area contributed by atoms with E-state index in [4.69, 9.17) is 23.2 Å². The van der Waals surface area contributed by atoms with Crippen molar-refractivity contribution in [3.05, 3.63) is 58.1 Å². The van der Waals surface area contributed by atoms with E-state index in [9.17, 15) is 13.2 Å². The topological polar surface area (TPSA) is 63.2 Å². The molecular weight excluding hydrogens is 333 g/mol. The van der Waals surface area contributed by atoms with Crippen LogP contribution in [0.5, 0.6) is 0 Å². The molecule has 2 aromatic carbocycles. The zero-order chi connectivity index (χ0) is 15.6. The molecule has 21 heavy (non-hydrogen) atoms. The van der Waals surface area contributed by atoms with Crippen molar-refractivity contribution in [1.82, 2.24) is 0 Å².